The third-order valence-electron chi connectivity index (χ3n) is 5.68. The van der Waals surface area contributed by atoms with Gasteiger partial charge in [-0.05, 0) is 42.1 Å². The van der Waals surface area contributed by atoms with Crippen molar-refractivity contribution in [3.05, 3.63) is 86.2 Å². The fourth-order valence-electron chi connectivity index (χ4n) is 3.90. The molecule has 5 rings (SSSR count). The van der Waals surface area contributed by atoms with Crippen molar-refractivity contribution in [2.75, 3.05) is 31.1 Å². The highest BCUT2D eigenvalue weighted by Crippen LogP contribution is 2.35. The number of hydrogen-bond donors (Lipinski definition) is 0. The van der Waals surface area contributed by atoms with Gasteiger partial charge in [0.1, 0.15) is 17.3 Å². The van der Waals surface area contributed by atoms with E-state index in [0.29, 0.717) is 59.0 Å². The number of benzene rings is 2. The smallest absolute Gasteiger partial charge is 0.286 e. The summed E-state index contributed by atoms with van der Waals surface area (Å²) in [7, 11) is 0. The van der Waals surface area contributed by atoms with Crippen LogP contribution in [-0.4, -0.2) is 47.1 Å². The van der Waals surface area contributed by atoms with E-state index in [2.05, 4.69) is 4.99 Å². The quantitative estimate of drug-likeness (QED) is 0.261. The van der Waals surface area contributed by atoms with Crippen LogP contribution in [0.5, 0.6) is 0 Å². The van der Waals surface area contributed by atoms with Crippen LogP contribution in [0.15, 0.2) is 68.9 Å². The maximum Gasteiger partial charge on any atom is 0.286 e. The lowest BCUT2D eigenvalue weighted by Gasteiger charge is -2.36. The molecule has 1 saturated heterocycles. The Morgan fingerprint density at radius 2 is 1.83 bits per heavy atom. The SMILES string of the molecule is O=C1N=C(N2CCN(c3ccccc3F)CC2)S/C1=C/c1ccc(-c2ccc([N+](=O)[O-])cc2Cl)o1. The van der Waals surface area contributed by atoms with Crippen LogP contribution < -0.4 is 4.90 Å². The number of rotatable bonds is 4. The Kier molecular flexibility index (Phi) is 6.31. The van der Waals surface area contributed by atoms with E-state index in [0.717, 1.165) is 0 Å². The number of anilines is 1. The van der Waals surface area contributed by atoms with E-state index in [1.165, 1.54) is 36.0 Å². The lowest BCUT2D eigenvalue weighted by atomic mass is 10.1. The Balaban J connectivity index is 1.25. The molecule has 11 heteroatoms. The molecule has 0 spiro atoms. The van der Waals surface area contributed by atoms with Gasteiger partial charge in [0, 0.05) is 50.0 Å². The summed E-state index contributed by atoms with van der Waals surface area (Å²) in [5, 5.41) is 11.7. The van der Waals surface area contributed by atoms with Crippen molar-refractivity contribution in [1.82, 2.24) is 4.90 Å². The van der Waals surface area contributed by atoms with Crippen LogP contribution >= 0.6 is 23.4 Å². The minimum Gasteiger partial charge on any atom is -0.457 e. The van der Waals surface area contributed by atoms with Gasteiger partial charge in [-0.25, -0.2) is 4.39 Å². The summed E-state index contributed by atoms with van der Waals surface area (Å²) in [6, 6.07) is 14.2. The third-order valence-corrected chi connectivity index (χ3v) is 7.04. The zero-order chi connectivity index (χ0) is 24.5. The van der Waals surface area contributed by atoms with Crippen LogP contribution in [0, 0.1) is 15.9 Å². The molecule has 0 saturated carbocycles. The number of carbonyl (C=O) groups excluding carboxylic acids is 1. The molecule has 3 aromatic rings. The molecule has 3 heterocycles. The molecule has 0 radical (unpaired) electrons. The van der Waals surface area contributed by atoms with E-state index < -0.39 is 4.92 Å². The maximum atomic E-state index is 14.1. The van der Waals surface area contributed by atoms with Crippen molar-refractivity contribution in [1.29, 1.82) is 0 Å². The third kappa shape index (κ3) is 4.80. The van der Waals surface area contributed by atoms with Crippen molar-refractivity contribution in [2.45, 2.75) is 0 Å². The minimum atomic E-state index is -0.520. The average molecular weight is 513 g/mol. The highest BCUT2D eigenvalue weighted by Gasteiger charge is 2.29. The number of amides is 1. The molecule has 0 aliphatic carbocycles. The number of amidine groups is 1. The van der Waals surface area contributed by atoms with E-state index in [-0.39, 0.29) is 22.4 Å². The summed E-state index contributed by atoms with van der Waals surface area (Å²) in [4.78, 5) is 31.5. The molecular formula is C24H18ClFN4O4S. The number of piperazine rings is 1. The number of nitro benzene ring substituents is 1. The van der Waals surface area contributed by atoms with Crippen LogP contribution in [0.4, 0.5) is 15.8 Å². The number of nitrogens with zero attached hydrogens (tertiary/aromatic N) is 4. The van der Waals surface area contributed by atoms with E-state index in [1.807, 2.05) is 15.9 Å². The van der Waals surface area contributed by atoms with Crippen molar-refractivity contribution in [2.24, 2.45) is 4.99 Å². The Bertz CT molecular complexity index is 1380. The summed E-state index contributed by atoms with van der Waals surface area (Å²) >= 11 is 7.46. The highest BCUT2D eigenvalue weighted by atomic mass is 35.5. The normalized spacial score (nSPS) is 17.3. The van der Waals surface area contributed by atoms with Crippen LogP contribution in [0.2, 0.25) is 5.02 Å². The minimum absolute atomic E-state index is 0.111. The fraction of sp³-hybridized carbons (Fsp3) is 0.167. The summed E-state index contributed by atoms with van der Waals surface area (Å²) in [5.74, 6) is 0.262. The van der Waals surface area contributed by atoms with Gasteiger partial charge < -0.3 is 14.2 Å². The van der Waals surface area contributed by atoms with Gasteiger partial charge in [-0.3, -0.25) is 14.9 Å². The Hall–Kier alpha value is -3.63. The molecule has 1 amide bonds. The van der Waals surface area contributed by atoms with Gasteiger partial charge >= 0.3 is 0 Å². The second kappa shape index (κ2) is 9.55. The molecule has 0 unspecified atom stereocenters. The number of non-ortho nitro benzene ring substituents is 1. The van der Waals surface area contributed by atoms with Gasteiger partial charge in [0.05, 0.1) is 20.5 Å². The maximum absolute atomic E-state index is 14.1. The number of para-hydroxylation sites is 1. The second-order valence-corrected chi connectivity index (χ2v) is 9.28. The topological polar surface area (TPSA) is 92.2 Å². The van der Waals surface area contributed by atoms with E-state index in [1.54, 1.807) is 30.3 Å². The number of nitro groups is 1. The van der Waals surface area contributed by atoms with Crippen LogP contribution in [0.25, 0.3) is 17.4 Å². The van der Waals surface area contributed by atoms with Gasteiger partial charge in [0.2, 0.25) is 0 Å². The van der Waals surface area contributed by atoms with Gasteiger partial charge in [-0.15, -0.1) is 0 Å². The fourth-order valence-corrected chi connectivity index (χ4v) is 5.11. The van der Waals surface area contributed by atoms with Crippen LogP contribution in [-0.2, 0) is 4.79 Å². The largest absolute Gasteiger partial charge is 0.457 e. The highest BCUT2D eigenvalue weighted by molar-refractivity contribution is 8.18. The molecule has 0 atom stereocenters. The summed E-state index contributed by atoms with van der Waals surface area (Å²) in [6.07, 6.45) is 1.61. The first kappa shape index (κ1) is 23.1. The van der Waals surface area contributed by atoms with Crippen molar-refractivity contribution >= 4 is 51.9 Å². The monoisotopic (exact) mass is 512 g/mol. The molecule has 178 valence electrons. The van der Waals surface area contributed by atoms with Crippen molar-refractivity contribution < 1.29 is 18.5 Å². The van der Waals surface area contributed by atoms with E-state index >= 15 is 0 Å². The summed E-state index contributed by atoms with van der Waals surface area (Å²) in [6.45, 7) is 2.46. The molecule has 35 heavy (non-hydrogen) atoms. The molecule has 2 aliphatic heterocycles. The molecule has 2 aromatic carbocycles. The Labute approximate surface area is 208 Å². The number of furan rings is 1. The van der Waals surface area contributed by atoms with E-state index in [4.69, 9.17) is 16.0 Å². The lowest BCUT2D eigenvalue weighted by molar-refractivity contribution is -0.384. The summed E-state index contributed by atoms with van der Waals surface area (Å²) in [5.41, 5.74) is 0.976. The van der Waals surface area contributed by atoms with Gasteiger partial charge in [0.25, 0.3) is 11.6 Å². The molecule has 0 bridgehead atoms. The number of thioether (sulfide) groups is 1. The Morgan fingerprint density at radius 1 is 1.09 bits per heavy atom. The molecule has 1 fully saturated rings. The summed E-state index contributed by atoms with van der Waals surface area (Å²) < 4.78 is 19.9. The van der Waals surface area contributed by atoms with Crippen molar-refractivity contribution in [3.63, 3.8) is 0 Å². The van der Waals surface area contributed by atoms with Crippen LogP contribution in [0.3, 0.4) is 0 Å². The molecule has 0 N–H and O–H groups in total. The van der Waals surface area contributed by atoms with Crippen LogP contribution in [0.1, 0.15) is 5.76 Å². The first-order chi connectivity index (χ1) is 16.9. The second-order valence-electron chi connectivity index (χ2n) is 7.86. The zero-order valence-corrected chi connectivity index (χ0v) is 19.8. The number of hydrogen-bond acceptors (Lipinski definition) is 7. The predicted octanol–water partition coefficient (Wildman–Crippen LogP) is 5.44. The van der Waals surface area contributed by atoms with Gasteiger partial charge in [-0.1, -0.05) is 23.7 Å². The lowest BCUT2D eigenvalue weighted by Crippen LogP contribution is -2.48. The zero-order valence-electron chi connectivity index (χ0n) is 18.2. The first-order valence-electron chi connectivity index (χ1n) is 10.7. The van der Waals surface area contributed by atoms with Crippen molar-refractivity contribution in [3.8, 4) is 11.3 Å². The number of aliphatic imine (C=N–C) groups is 1. The number of carbonyl (C=O) groups is 1. The molecule has 1 aromatic heterocycles. The predicted molar refractivity (Wildman–Crippen MR) is 134 cm³/mol. The van der Waals surface area contributed by atoms with Gasteiger partial charge in [-0.2, -0.15) is 4.99 Å². The number of halogens is 2. The Morgan fingerprint density at radius 3 is 2.54 bits per heavy atom. The molecule has 8 nitrogen and oxygen atoms in total. The average Bonchev–Trinajstić information content (AvgIpc) is 3.46. The molecular weight excluding hydrogens is 495 g/mol. The van der Waals surface area contributed by atoms with E-state index in [9.17, 15) is 19.3 Å². The standard InChI is InChI=1S/C24H18ClFN4O4S/c25-18-13-15(30(32)33)5-7-17(18)21-8-6-16(34-21)14-22-23(31)27-24(35-22)29-11-9-28(10-12-29)20-4-2-1-3-19(20)26/h1-8,13-14H,9-12H2/b22-14+. The first-order valence-corrected chi connectivity index (χ1v) is 11.9. The molecule has 2 aliphatic rings. The van der Waals surface area contributed by atoms with Gasteiger partial charge in [0.15, 0.2) is 5.17 Å².